The van der Waals surface area contributed by atoms with Crippen molar-refractivity contribution in [3.8, 4) is 0 Å². The maximum absolute atomic E-state index is 13.1. The zero-order chi connectivity index (χ0) is 71.4. The number of phosphoric ester groups is 2. The summed E-state index contributed by atoms with van der Waals surface area (Å²) in [6.07, 6.45) is 58.1. The largest absolute Gasteiger partial charge is 0.472 e. The number of unbranched alkanes of at least 4 members (excludes halogenated alkanes) is 45. The number of aliphatic hydroxyl groups is 1. The maximum Gasteiger partial charge on any atom is 0.472 e. The number of rotatable bonds is 77. The number of carbonyl (C=O) groups excluding carboxylic acids is 4. The molecule has 19 heteroatoms. The molecule has 0 bridgehead atoms. The fraction of sp³-hybridized carbons (Fsp3) is 0.949. The summed E-state index contributed by atoms with van der Waals surface area (Å²) in [4.78, 5) is 72.9. The van der Waals surface area contributed by atoms with Crippen molar-refractivity contribution in [1.29, 1.82) is 0 Å². The Labute approximate surface area is 594 Å². The second kappa shape index (κ2) is 69.8. The minimum absolute atomic E-state index is 0.107. The quantitative estimate of drug-likeness (QED) is 0.0222. The number of esters is 4. The number of carbonyl (C=O) groups is 4. The Morgan fingerprint density at radius 3 is 0.732 bits per heavy atom. The van der Waals surface area contributed by atoms with Crippen molar-refractivity contribution in [2.45, 2.75) is 426 Å². The number of hydrogen-bond acceptors (Lipinski definition) is 15. The van der Waals surface area contributed by atoms with Gasteiger partial charge in [0.05, 0.1) is 26.4 Å². The van der Waals surface area contributed by atoms with E-state index >= 15 is 0 Å². The highest BCUT2D eigenvalue weighted by atomic mass is 31.2. The smallest absolute Gasteiger partial charge is 0.462 e. The van der Waals surface area contributed by atoms with Gasteiger partial charge in [-0.2, -0.15) is 0 Å². The van der Waals surface area contributed by atoms with E-state index in [2.05, 4.69) is 41.5 Å². The number of hydrogen-bond donors (Lipinski definition) is 3. The highest BCUT2D eigenvalue weighted by Gasteiger charge is 2.30. The van der Waals surface area contributed by atoms with E-state index in [0.717, 1.165) is 108 Å². The van der Waals surface area contributed by atoms with Gasteiger partial charge in [-0.1, -0.05) is 356 Å². The molecule has 576 valence electrons. The summed E-state index contributed by atoms with van der Waals surface area (Å²) in [6.45, 7) is 9.63. The summed E-state index contributed by atoms with van der Waals surface area (Å²) >= 11 is 0. The van der Waals surface area contributed by atoms with Gasteiger partial charge in [0, 0.05) is 25.7 Å². The molecule has 0 aliphatic rings. The molecule has 3 N–H and O–H groups in total. The second-order valence-corrected chi connectivity index (χ2v) is 31.5. The minimum atomic E-state index is -4.96. The molecule has 0 saturated heterocycles. The van der Waals surface area contributed by atoms with Crippen LogP contribution in [0.2, 0.25) is 0 Å². The van der Waals surface area contributed by atoms with Crippen molar-refractivity contribution in [3.63, 3.8) is 0 Å². The Kier molecular flexibility index (Phi) is 68.4. The van der Waals surface area contributed by atoms with Gasteiger partial charge in [0.2, 0.25) is 0 Å². The van der Waals surface area contributed by atoms with E-state index in [1.165, 1.54) is 218 Å². The van der Waals surface area contributed by atoms with E-state index < -0.39 is 97.5 Å². The highest BCUT2D eigenvalue weighted by molar-refractivity contribution is 7.47. The van der Waals surface area contributed by atoms with Crippen molar-refractivity contribution < 1.29 is 80.2 Å². The summed E-state index contributed by atoms with van der Waals surface area (Å²) < 4.78 is 68.6. The molecule has 0 amide bonds. The van der Waals surface area contributed by atoms with Gasteiger partial charge >= 0.3 is 39.5 Å². The topological polar surface area (TPSA) is 237 Å². The predicted molar refractivity (Wildman–Crippen MR) is 395 cm³/mol. The molecular formula is C78H152O17P2. The number of phosphoric acid groups is 2. The lowest BCUT2D eigenvalue weighted by Crippen LogP contribution is -2.30. The molecule has 0 radical (unpaired) electrons. The van der Waals surface area contributed by atoms with Crippen LogP contribution in [0.1, 0.15) is 408 Å². The third-order valence-electron chi connectivity index (χ3n) is 18.9. The summed E-state index contributed by atoms with van der Waals surface area (Å²) in [5, 5.41) is 10.6. The second-order valence-electron chi connectivity index (χ2n) is 28.6. The van der Waals surface area contributed by atoms with Crippen molar-refractivity contribution in [2.24, 2.45) is 11.8 Å². The van der Waals surface area contributed by atoms with Crippen LogP contribution in [0.5, 0.6) is 0 Å². The first-order valence-corrected chi connectivity index (χ1v) is 43.6. The molecule has 0 fully saturated rings. The number of aliphatic hydroxyl groups excluding tert-OH is 1. The molecule has 0 aliphatic carbocycles. The number of ether oxygens (including phenoxy) is 4. The van der Waals surface area contributed by atoms with Gasteiger partial charge in [-0.25, -0.2) is 9.13 Å². The molecule has 0 aromatic heterocycles. The van der Waals surface area contributed by atoms with Gasteiger partial charge in [0.25, 0.3) is 0 Å². The summed E-state index contributed by atoms with van der Waals surface area (Å²) in [6, 6.07) is 0. The summed E-state index contributed by atoms with van der Waals surface area (Å²) in [5.41, 5.74) is 0. The van der Waals surface area contributed by atoms with E-state index in [-0.39, 0.29) is 25.7 Å². The van der Waals surface area contributed by atoms with Crippen LogP contribution in [0.15, 0.2) is 0 Å². The normalized spacial score (nSPS) is 14.5. The summed E-state index contributed by atoms with van der Waals surface area (Å²) in [7, 11) is -9.91. The van der Waals surface area contributed by atoms with Crippen LogP contribution in [0.3, 0.4) is 0 Å². The van der Waals surface area contributed by atoms with Crippen LogP contribution >= 0.6 is 15.6 Å². The molecule has 0 aliphatic heterocycles. The lowest BCUT2D eigenvalue weighted by molar-refractivity contribution is -0.161. The van der Waals surface area contributed by atoms with E-state index in [9.17, 15) is 43.2 Å². The van der Waals surface area contributed by atoms with Crippen LogP contribution in [0, 0.1) is 11.8 Å². The van der Waals surface area contributed by atoms with Crippen LogP contribution < -0.4 is 0 Å². The van der Waals surface area contributed by atoms with Crippen LogP contribution in [-0.2, 0) is 65.4 Å². The van der Waals surface area contributed by atoms with E-state index in [4.69, 9.17) is 37.0 Å². The van der Waals surface area contributed by atoms with Gasteiger partial charge < -0.3 is 33.8 Å². The fourth-order valence-electron chi connectivity index (χ4n) is 11.9. The molecule has 0 heterocycles. The van der Waals surface area contributed by atoms with Crippen molar-refractivity contribution >= 4 is 39.5 Å². The van der Waals surface area contributed by atoms with Crippen LogP contribution in [0.4, 0.5) is 0 Å². The van der Waals surface area contributed by atoms with E-state index in [1.54, 1.807) is 0 Å². The van der Waals surface area contributed by atoms with Crippen molar-refractivity contribution in [1.82, 2.24) is 0 Å². The van der Waals surface area contributed by atoms with E-state index in [1.807, 2.05) is 0 Å². The Balaban J connectivity index is 5.25. The highest BCUT2D eigenvalue weighted by Crippen LogP contribution is 2.45. The Bertz CT molecular complexity index is 1880. The van der Waals surface area contributed by atoms with Gasteiger partial charge in [-0.3, -0.25) is 37.3 Å². The van der Waals surface area contributed by atoms with Crippen LogP contribution in [0.25, 0.3) is 0 Å². The SMILES string of the molecule is CCCCCCCCCCCCCCCCCC(=O)OC[C@H](COP(=O)(O)OC[C@@H](O)COP(=O)(O)OC[C@@H](COC(=O)CCCCCCCCC(C)CC)OC(=O)CCCCCCCCCCCCCCCC)OC(=O)CCCCCCCCCCCCCCCCC(C)CC. The van der Waals surface area contributed by atoms with Gasteiger partial charge in [-0.05, 0) is 37.5 Å². The van der Waals surface area contributed by atoms with Gasteiger partial charge in [-0.15, -0.1) is 0 Å². The molecule has 4 unspecified atom stereocenters. The maximum atomic E-state index is 13.1. The minimum Gasteiger partial charge on any atom is -0.462 e. The first kappa shape index (κ1) is 95.1. The van der Waals surface area contributed by atoms with Crippen LogP contribution in [-0.4, -0.2) is 96.7 Å². The first-order valence-electron chi connectivity index (χ1n) is 40.6. The Morgan fingerprint density at radius 2 is 0.495 bits per heavy atom. The molecular weight excluding hydrogens is 1270 g/mol. The molecule has 17 nitrogen and oxygen atoms in total. The fourth-order valence-corrected chi connectivity index (χ4v) is 13.5. The lowest BCUT2D eigenvalue weighted by atomic mass is 9.99. The molecule has 97 heavy (non-hydrogen) atoms. The molecule has 0 aromatic rings. The molecule has 0 rings (SSSR count). The van der Waals surface area contributed by atoms with Gasteiger partial charge in [0.15, 0.2) is 12.2 Å². The zero-order valence-corrected chi connectivity index (χ0v) is 65.2. The molecule has 7 atom stereocenters. The lowest BCUT2D eigenvalue weighted by Gasteiger charge is -2.21. The molecule has 0 saturated carbocycles. The van der Waals surface area contributed by atoms with Crippen molar-refractivity contribution in [3.05, 3.63) is 0 Å². The Hall–Kier alpha value is -1.94. The molecule has 0 spiro atoms. The average molecular weight is 1420 g/mol. The van der Waals surface area contributed by atoms with Crippen molar-refractivity contribution in [2.75, 3.05) is 39.6 Å². The summed E-state index contributed by atoms with van der Waals surface area (Å²) in [5.74, 6) is -0.535. The zero-order valence-electron chi connectivity index (χ0n) is 63.4. The monoisotopic (exact) mass is 1420 g/mol. The predicted octanol–water partition coefficient (Wildman–Crippen LogP) is 23.1. The third-order valence-corrected chi connectivity index (χ3v) is 20.8. The average Bonchev–Trinajstić information content (AvgIpc) is 1.04. The third kappa shape index (κ3) is 69.5. The molecule has 0 aromatic carbocycles. The standard InChI is InChI=1S/C78H152O17P2/c1-7-11-13-15-17-19-21-23-25-30-33-37-41-48-54-60-75(80)88-66-73(94-77(82)63-57-51-43-39-35-31-27-26-28-32-36-40-46-52-58-70(5)9-3)68-92-96(84,85)90-64-72(79)65-91-97(86,87)93-69-74(67-89-76(81)61-55-49-45-44-47-53-59-71(6)10-4)95-78(83)62-56-50-42-38-34-29-24-22-20-18-16-14-12-8-2/h70-74,79H,7-69H2,1-6H3,(H,84,85)(H,86,87)/t70?,71?,72-,73-,74-/m1/s1. The van der Waals surface area contributed by atoms with Gasteiger partial charge in [0.1, 0.15) is 19.3 Å². The first-order chi connectivity index (χ1) is 46.9. The Morgan fingerprint density at radius 1 is 0.289 bits per heavy atom. The van der Waals surface area contributed by atoms with E-state index in [0.29, 0.717) is 25.7 Å².